The number of carbonyl (C=O) groups excluding carboxylic acids is 1. The lowest BCUT2D eigenvalue weighted by atomic mass is 9.95. The van der Waals surface area contributed by atoms with Crippen molar-refractivity contribution in [2.45, 2.75) is 75.5 Å². The second-order valence-corrected chi connectivity index (χ2v) is 12.6. The first-order valence-electron chi connectivity index (χ1n) is 12.6. The number of piperidine rings is 1. The highest BCUT2D eigenvalue weighted by Gasteiger charge is 2.42. The number of alkyl halides is 3. The number of hydrogen-bond donors (Lipinski definition) is 1. The summed E-state index contributed by atoms with van der Waals surface area (Å²) in [6.45, 7) is 0.472. The smallest absolute Gasteiger partial charge is 0.490 e. The van der Waals surface area contributed by atoms with E-state index in [1.165, 1.54) is 24.3 Å². The number of ether oxygens (including phenoxy) is 2. The van der Waals surface area contributed by atoms with Gasteiger partial charge in [-0.05, 0) is 79.8 Å². The lowest BCUT2D eigenvalue weighted by Crippen LogP contribution is -2.45. The molecule has 3 fully saturated rings. The van der Waals surface area contributed by atoms with Gasteiger partial charge < -0.3 is 9.47 Å². The number of carbonyl (C=O) groups is 1. The molecule has 2 aromatic carbocycles. The van der Waals surface area contributed by atoms with E-state index in [0.717, 1.165) is 49.1 Å². The fourth-order valence-electron chi connectivity index (χ4n) is 5.71. The summed E-state index contributed by atoms with van der Waals surface area (Å²) in [6, 6.07) is 6.75. The van der Waals surface area contributed by atoms with Gasteiger partial charge in [0.15, 0.2) is 0 Å². The second kappa shape index (κ2) is 10.4. The van der Waals surface area contributed by atoms with Crippen LogP contribution in [0.3, 0.4) is 0 Å². The first-order chi connectivity index (χ1) is 18.2. The van der Waals surface area contributed by atoms with E-state index in [0.29, 0.717) is 19.4 Å². The summed E-state index contributed by atoms with van der Waals surface area (Å²) in [7, 11) is -3.84. The van der Waals surface area contributed by atoms with Crippen molar-refractivity contribution >= 4 is 27.5 Å². The minimum atomic E-state index is -4.85. The second-order valence-electron chi connectivity index (χ2n) is 10.4. The summed E-state index contributed by atoms with van der Waals surface area (Å²) in [5.41, 5.74) is 1.33. The first kappa shape index (κ1) is 28.0. The number of halogens is 5. The van der Waals surface area contributed by atoms with E-state index in [4.69, 9.17) is 16.3 Å². The van der Waals surface area contributed by atoms with Gasteiger partial charge in [-0.25, -0.2) is 17.5 Å². The minimum absolute atomic E-state index is 0.0652. The Morgan fingerprint density at radius 2 is 1.69 bits per heavy atom. The van der Waals surface area contributed by atoms with Crippen LogP contribution in [0.2, 0.25) is 5.02 Å². The van der Waals surface area contributed by atoms with Gasteiger partial charge in [0.2, 0.25) is 10.0 Å². The van der Waals surface area contributed by atoms with Crippen molar-refractivity contribution in [2.24, 2.45) is 0 Å². The summed E-state index contributed by atoms with van der Waals surface area (Å²) < 4.78 is 87.7. The van der Waals surface area contributed by atoms with Gasteiger partial charge in [-0.1, -0.05) is 11.6 Å². The molecule has 0 spiro atoms. The van der Waals surface area contributed by atoms with E-state index in [-0.39, 0.29) is 40.4 Å². The van der Waals surface area contributed by atoms with Gasteiger partial charge >= 0.3 is 6.36 Å². The Morgan fingerprint density at radius 1 is 1.05 bits per heavy atom. The summed E-state index contributed by atoms with van der Waals surface area (Å²) in [6.07, 6.45) is 0.644. The predicted molar refractivity (Wildman–Crippen MR) is 135 cm³/mol. The summed E-state index contributed by atoms with van der Waals surface area (Å²) in [5, 5.41) is 0.0652. The molecule has 0 radical (unpaired) electrons. The van der Waals surface area contributed by atoms with Gasteiger partial charge in [0.1, 0.15) is 23.4 Å². The van der Waals surface area contributed by atoms with Crippen LogP contribution in [0.15, 0.2) is 30.3 Å². The maximum Gasteiger partial charge on any atom is 0.573 e. The highest BCUT2D eigenvalue weighted by molar-refractivity contribution is 7.89. The number of nitrogens with one attached hydrogen (secondary N) is 1. The van der Waals surface area contributed by atoms with E-state index in [1.807, 2.05) is 4.72 Å². The van der Waals surface area contributed by atoms with Crippen LogP contribution in [0.5, 0.6) is 11.5 Å². The molecule has 2 bridgehead atoms. The molecule has 5 rings (SSSR count). The highest BCUT2D eigenvalue weighted by atomic mass is 35.5. The number of fused-ring (bicyclic) bond motifs is 2. The quantitative estimate of drug-likeness (QED) is 0.408. The van der Waals surface area contributed by atoms with Crippen LogP contribution in [0.4, 0.5) is 17.6 Å². The molecule has 1 N–H and O–H groups in total. The maximum absolute atomic E-state index is 15.0. The van der Waals surface area contributed by atoms with Crippen LogP contribution < -0.4 is 14.2 Å². The Hall–Kier alpha value is -2.57. The fourth-order valence-corrected chi connectivity index (χ4v) is 6.37. The Bertz CT molecular complexity index is 1370. The number of hydrogen-bond acceptors (Lipinski definition) is 6. The maximum atomic E-state index is 15.0. The van der Waals surface area contributed by atoms with Gasteiger partial charge in [-0.3, -0.25) is 9.69 Å². The van der Waals surface area contributed by atoms with Crippen LogP contribution in [-0.4, -0.2) is 50.0 Å². The van der Waals surface area contributed by atoms with Gasteiger partial charge in [0, 0.05) is 29.7 Å². The molecule has 39 heavy (non-hydrogen) atoms. The average molecular weight is 591 g/mol. The Labute approximate surface area is 228 Å². The average Bonchev–Trinajstić information content (AvgIpc) is 3.58. The normalized spacial score (nSPS) is 23.5. The molecular weight excluding hydrogens is 564 g/mol. The molecule has 1 aliphatic carbocycles. The molecule has 3 atom stereocenters. The van der Waals surface area contributed by atoms with Gasteiger partial charge in [-0.2, -0.15) is 0 Å². The van der Waals surface area contributed by atoms with E-state index in [1.54, 1.807) is 0 Å². The zero-order valence-electron chi connectivity index (χ0n) is 20.9. The monoisotopic (exact) mass is 590 g/mol. The third-order valence-corrected chi connectivity index (χ3v) is 8.12. The molecule has 3 aliphatic rings. The molecule has 1 saturated carbocycles. The van der Waals surface area contributed by atoms with Gasteiger partial charge in [-0.15, -0.1) is 13.2 Å². The molecule has 1 amide bonds. The Morgan fingerprint density at radius 3 is 2.28 bits per heavy atom. The van der Waals surface area contributed by atoms with Crippen molar-refractivity contribution in [1.29, 1.82) is 0 Å². The lowest BCUT2D eigenvalue weighted by Gasteiger charge is -2.39. The SMILES string of the molecule is CS(=O)(=O)NC(=O)c1cc(C2CC2)c(CN2[C@@H]3CC[C@H]2CC(Oc2cc(Cl)cc(OC(F)(F)F)c2)C3)cc1F. The molecular formula is C26H27ClF4N2O5S. The minimum Gasteiger partial charge on any atom is -0.490 e. The number of nitrogens with zero attached hydrogens (tertiary/aromatic N) is 1. The summed E-state index contributed by atoms with van der Waals surface area (Å²) in [4.78, 5) is 14.7. The number of amides is 1. The third-order valence-electron chi connectivity index (χ3n) is 7.34. The fraction of sp³-hybridized carbons (Fsp3) is 0.500. The van der Waals surface area contributed by atoms with Crippen LogP contribution in [-0.2, 0) is 16.6 Å². The Balaban J connectivity index is 1.30. The molecule has 2 heterocycles. The predicted octanol–water partition coefficient (Wildman–Crippen LogP) is 5.52. The van der Waals surface area contributed by atoms with Crippen molar-refractivity contribution < 1.29 is 40.2 Å². The standard InChI is InChI=1S/C26H27ClF4N2O5S/c1-39(35,36)32-25(34)23-12-22(14-2-3-14)15(6-24(23)28)13-33-17-4-5-18(33)10-20(9-17)37-19-7-16(27)8-21(11-19)38-26(29,30)31/h6-8,11-12,14,17-18,20H,2-5,9-10,13H2,1H3,(H,32,34)/t17-,18+,20?. The zero-order valence-corrected chi connectivity index (χ0v) is 22.5. The van der Waals surface area contributed by atoms with Crippen LogP contribution in [0.1, 0.15) is 65.9 Å². The van der Waals surface area contributed by atoms with Crippen LogP contribution in [0, 0.1) is 5.82 Å². The van der Waals surface area contributed by atoms with Crippen molar-refractivity contribution in [2.75, 3.05) is 6.26 Å². The third kappa shape index (κ3) is 6.96. The Kier molecular flexibility index (Phi) is 7.49. The van der Waals surface area contributed by atoms with E-state index in [2.05, 4.69) is 9.64 Å². The molecule has 212 valence electrons. The number of benzene rings is 2. The highest BCUT2D eigenvalue weighted by Crippen LogP contribution is 2.45. The molecule has 2 saturated heterocycles. The van der Waals surface area contributed by atoms with Crippen molar-refractivity contribution in [3.8, 4) is 11.5 Å². The van der Waals surface area contributed by atoms with Crippen molar-refractivity contribution in [3.63, 3.8) is 0 Å². The van der Waals surface area contributed by atoms with Crippen molar-refractivity contribution in [3.05, 3.63) is 57.9 Å². The molecule has 7 nitrogen and oxygen atoms in total. The lowest BCUT2D eigenvalue weighted by molar-refractivity contribution is -0.274. The molecule has 1 unspecified atom stereocenters. The van der Waals surface area contributed by atoms with E-state index < -0.39 is 33.9 Å². The summed E-state index contributed by atoms with van der Waals surface area (Å²) >= 11 is 5.98. The molecule has 0 aromatic heterocycles. The van der Waals surface area contributed by atoms with Gasteiger partial charge in [0.25, 0.3) is 5.91 Å². The topological polar surface area (TPSA) is 84.9 Å². The largest absolute Gasteiger partial charge is 0.573 e. The van der Waals surface area contributed by atoms with Crippen LogP contribution >= 0.6 is 11.6 Å². The first-order valence-corrected chi connectivity index (χ1v) is 14.8. The molecule has 2 aromatic rings. The number of sulfonamides is 1. The van der Waals surface area contributed by atoms with Gasteiger partial charge in [0.05, 0.1) is 11.8 Å². The van der Waals surface area contributed by atoms with E-state index in [9.17, 15) is 30.8 Å². The number of rotatable bonds is 8. The van der Waals surface area contributed by atoms with Crippen LogP contribution in [0.25, 0.3) is 0 Å². The van der Waals surface area contributed by atoms with Crippen molar-refractivity contribution in [1.82, 2.24) is 9.62 Å². The molecule has 2 aliphatic heterocycles. The summed E-state index contributed by atoms with van der Waals surface area (Å²) in [5.74, 6) is -1.83. The zero-order chi connectivity index (χ0) is 28.1. The molecule has 13 heteroatoms. The van der Waals surface area contributed by atoms with E-state index >= 15 is 0 Å².